The number of ether oxygens (including phenoxy) is 2. The molecule has 1 unspecified atom stereocenters. The molecule has 2 aliphatic rings. The Hall–Kier alpha value is -2.08. The smallest absolute Gasteiger partial charge is 0.225 e. The number of hydrogen-bond acceptors (Lipinski definition) is 4. The van der Waals surface area contributed by atoms with E-state index in [2.05, 4.69) is 5.32 Å². The maximum absolute atomic E-state index is 13.0. The number of likely N-dealkylation sites (tertiary alicyclic amines) is 1. The van der Waals surface area contributed by atoms with E-state index in [0.717, 1.165) is 24.2 Å². The molecule has 0 aliphatic carbocycles. The van der Waals surface area contributed by atoms with Gasteiger partial charge in [0.1, 0.15) is 5.75 Å². The molecule has 6 heteroatoms. The third-order valence-corrected chi connectivity index (χ3v) is 5.73. The number of carbonyl (C=O) groups excluding carboxylic acids is 2. The van der Waals surface area contributed by atoms with Gasteiger partial charge < -0.3 is 19.7 Å². The molecule has 142 valence electrons. The summed E-state index contributed by atoms with van der Waals surface area (Å²) < 4.78 is 10.7. The van der Waals surface area contributed by atoms with Crippen LogP contribution in [0.2, 0.25) is 0 Å². The molecule has 2 saturated heterocycles. The molecule has 2 fully saturated rings. The van der Waals surface area contributed by atoms with E-state index < -0.39 is 0 Å². The molecule has 2 aliphatic heterocycles. The highest BCUT2D eigenvalue weighted by molar-refractivity contribution is 5.83. The van der Waals surface area contributed by atoms with E-state index in [9.17, 15) is 9.59 Å². The van der Waals surface area contributed by atoms with E-state index in [1.165, 1.54) is 0 Å². The first-order valence-electron chi connectivity index (χ1n) is 9.34. The van der Waals surface area contributed by atoms with Crippen LogP contribution in [0.1, 0.15) is 31.7 Å². The first kappa shape index (κ1) is 18.7. The van der Waals surface area contributed by atoms with Crippen molar-refractivity contribution in [2.24, 2.45) is 11.3 Å². The Bertz CT molecular complexity index is 638. The van der Waals surface area contributed by atoms with Gasteiger partial charge in [-0.05, 0) is 30.5 Å². The molecular weight excluding hydrogens is 332 g/mol. The molecule has 0 aromatic heterocycles. The monoisotopic (exact) mass is 360 g/mol. The van der Waals surface area contributed by atoms with Crippen molar-refractivity contribution >= 4 is 11.8 Å². The highest BCUT2D eigenvalue weighted by atomic mass is 16.5. The summed E-state index contributed by atoms with van der Waals surface area (Å²) >= 11 is 0. The molecular formula is C20H28N2O4. The maximum atomic E-state index is 13.0. The average Bonchev–Trinajstić information content (AvgIpc) is 3.05. The molecule has 1 spiro atoms. The van der Waals surface area contributed by atoms with E-state index in [-0.39, 0.29) is 23.1 Å². The minimum atomic E-state index is -0.167. The number of carbonyl (C=O) groups is 2. The van der Waals surface area contributed by atoms with Gasteiger partial charge in [-0.1, -0.05) is 19.1 Å². The van der Waals surface area contributed by atoms with Crippen LogP contribution in [0.15, 0.2) is 24.3 Å². The van der Waals surface area contributed by atoms with Crippen molar-refractivity contribution < 1.29 is 19.1 Å². The molecule has 6 nitrogen and oxygen atoms in total. The number of amides is 2. The van der Waals surface area contributed by atoms with Crippen LogP contribution in [0.3, 0.4) is 0 Å². The van der Waals surface area contributed by atoms with Gasteiger partial charge in [-0.25, -0.2) is 0 Å². The summed E-state index contributed by atoms with van der Waals surface area (Å²) in [6.07, 6.45) is 2.15. The summed E-state index contributed by atoms with van der Waals surface area (Å²) in [5.74, 6) is 0.793. The van der Waals surface area contributed by atoms with Crippen LogP contribution < -0.4 is 10.1 Å². The van der Waals surface area contributed by atoms with Crippen LogP contribution in [0.5, 0.6) is 5.75 Å². The third-order valence-electron chi connectivity index (χ3n) is 5.73. The van der Waals surface area contributed by atoms with Crippen LogP contribution in [0.4, 0.5) is 0 Å². The molecule has 1 aromatic carbocycles. The lowest BCUT2D eigenvalue weighted by atomic mass is 9.71. The number of rotatable bonds is 5. The number of methoxy groups -OCH3 is 1. The van der Waals surface area contributed by atoms with Gasteiger partial charge in [0.05, 0.1) is 13.0 Å². The van der Waals surface area contributed by atoms with E-state index in [1.54, 1.807) is 7.11 Å². The lowest BCUT2D eigenvalue weighted by molar-refractivity contribution is -0.130. The van der Waals surface area contributed by atoms with Crippen LogP contribution in [0.25, 0.3) is 0 Å². The lowest BCUT2D eigenvalue weighted by Crippen LogP contribution is -2.44. The van der Waals surface area contributed by atoms with Gasteiger partial charge in [0.2, 0.25) is 11.8 Å². The summed E-state index contributed by atoms with van der Waals surface area (Å²) in [6.45, 7) is 4.86. The fourth-order valence-electron chi connectivity index (χ4n) is 4.08. The summed E-state index contributed by atoms with van der Waals surface area (Å²) in [5, 5.41) is 3.07. The first-order valence-corrected chi connectivity index (χ1v) is 9.34. The van der Waals surface area contributed by atoms with Crippen molar-refractivity contribution in [2.45, 2.75) is 32.7 Å². The Morgan fingerprint density at radius 3 is 2.58 bits per heavy atom. The van der Waals surface area contributed by atoms with Gasteiger partial charge in [-0.3, -0.25) is 9.59 Å². The minimum Gasteiger partial charge on any atom is -0.497 e. The van der Waals surface area contributed by atoms with Crippen molar-refractivity contribution in [1.82, 2.24) is 10.2 Å². The topological polar surface area (TPSA) is 67.9 Å². The quantitative estimate of drug-likeness (QED) is 0.872. The fourth-order valence-corrected chi connectivity index (χ4v) is 4.08. The van der Waals surface area contributed by atoms with Crippen LogP contribution in [-0.4, -0.2) is 50.1 Å². The van der Waals surface area contributed by atoms with Crippen molar-refractivity contribution in [3.8, 4) is 5.75 Å². The predicted octanol–water partition coefficient (Wildman–Crippen LogP) is 1.98. The zero-order chi connectivity index (χ0) is 18.6. The van der Waals surface area contributed by atoms with Crippen LogP contribution in [0, 0.1) is 11.3 Å². The van der Waals surface area contributed by atoms with Crippen LogP contribution in [-0.2, 0) is 20.9 Å². The van der Waals surface area contributed by atoms with Gasteiger partial charge in [0.25, 0.3) is 0 Å². The van der Waals surface area contributed by atoms with E-state index in [4.69, 9.17) is 9.47 Å². The molecule has 0 saturated carbocycles. The Balaban J connectivity index is 1.67. The summed E-state index contributed by atoms with van der Waals surface area (Å²) in [5.41, 5.74) is 0.882. The molecule has 0 radical (unpaired) electrons. The van der Waals surface area contributed by atoms with Gasteiger partial charge in [0.15, 0.2) is 0 Å². The molecule has 2 amide bonds. The maximum Gasteiger partial charge on any atom is 0.225 e. The standard InChI is InChI=1S/C20H28N2O4/c1-3-18(23)22-13-17(20(14-22)8-10-26-11-9-20)19(24)21-12-15-4-6-16(25-2)7-5-15/h4-7,17H,3,8-14H2,1-2H3,(H,21,24). The third kappa shape index (κ3) is 3.85. The number of hydrogen-bond donors (Lipinski definition) is 1. The Kier molecular flexibility index (Phi) is 5.81. The highest BCUT2D eigenvalue weighted by Crippen LogP contribution is 2.44. The van der Waals surface area contributed by atoms with Gasteiger partial charge in [0, 0.05) is 44.7 Å². The molecule has 1 atom stereocenters. The minimum absolute atomic E-state index is 0.0362. The van der Waals surface area contributed by atoms with Crippen molar-refractivity contribution in [2.75, 3.05) is 33.4 Å². The number of nitrogens with one attached hydrogen (secondary N) is 1. The van der Waals surface area contributed by atoms with Crippen molar-refractivity contribution in [1.29, 1.82) is 0 Å². The average molecular weight is 360 g/mol. The second-order valence-corrected chi connectivity index (χ2v) is 7.22. The van der Waals surface area contributed by atoms with Crippen molar-refractivity contribution in [3.05, 3.63) is 29.8 Å². The zero-order valence-corrected chi connectivity index (χ0v) is 15.6. The van der Waals surface area contributed by atoms with Crippen molar-refractivity contribution in [3.63, 3.8) is 0 Å². The Morgan fingerprint density at radius 2 is 1.96 bits per heavy atom. The normalized spacial score (nSPS) is 21.6. The SMILES string of the molecule is CCC(=O)N1CC(C(=O)NCc2ccc(OC)cc2)C2(CCOCC2)C1. The lowest BCUT2D eigenvalue weighted by Gasteiger charge is -2.37. The zero-order valence-electron chi connectivity index (χ0n) is 15.6. The molecule has 1 aromatic rings. The molecule has 2 heterocycles. The molecule has 0 bridgehead atoms. The van der Waals surface area contributed by atoms with E-state index in [0.29, 0.717) is 39.3 Å². The Morgan fingerprint density at radius 1 is 1.27 bits per heavy atom. The molecule has 1 N–H and O–H groups in total. The fraction of sp³-hybridized carbons (Fsp3) is 0.600. The molecule has 3 rings (SSSR count). The summed E-state index contributed by atoms with van der Waals surface area (Å²) in [7, 11) is 1.63. The Labute approximate surface area is 154 Å². The predicted molar refractivity (Wildman–Crippen MR) is 97.7 cm³/mol. The number of benzene rings is 1. The van der Waals surface area contributed by atoms with Gasteiger partial charge in [-0.15, -0.1) is 0 Å². The van der Waals surface area contributed by atoms with E-state index >= 15 is 0 Å². The first-order chi connectivity index (χ1) is 12.6. The van der Waals surface area contributed by atoms with Crippen LogP contribution >= 0.6 is 0 Å². The summed E-state index contributed by atoms with van der Waals surface area (Å²) in [4.78, 5) is 27.0. The second-order valence-electron chi connectivity index (χ2n) is 7.22. The van der Waals surface area contributed by atoms with Gasteiger partial charge >= 0.3 is 0 Å². The highest BCUT2D eigenvalue weighted by Gasteiger charge is 2.51. The molecule has 26 heavy (non-hydrogen) atoms. The second kappa shape index (κ2) is 8.08. The largest absolute Gasteiger partial charge is 0.497 e. The number of nitrogens with zero attached hydrogens (tertiary/aromatic N) is 1. The van der Waals surface area contributed by atoms with E-state index in [1.807, 2.05) is 36.1 Å². The van der Waals surface area contributed by atoms with Gasteiger partial charge in [-0.2, -0.15) is 0 Å². The summed E-state index contributed by atoms with van der Waals surface area (Å²) in [6, 6.07) is 7.67.